The number of fused-ring (bicyclic) bond motifs is 1. The molecule has 0 fully saturated rings. The van der Waals surface area contributed by atoms with E-state index >= 15 is 0 Å². The van der Waals surface area contributed by atoms with Gasteiger partial charge in [0.2, 0.25) is 0 Å². The first-order valence-corrected chi connectivity index (χ1v) is 5.66. The van der Waals surface area contributed by atoms with Crippen molar-refractivity contribution in [2.75, 3.05) is 0 Å². The minimum absolute atomic E-state index is 0.0840. The Morgan fingerprint density at radius 2 is 2.28 bits per heavy atom. The number of hydrogen-bond donors (Lipinski definition) is 3. The molecule has 1 aromatic carbocycles. The number of carbonyl (C=O) groups excluding carboxylic acids is 1. The summed E-state index contributed by atoms with van der Waals surface area (Å²) in [5, 5.41) is 10.4. The Morgan fingerprint density at radius 1 is 1.33 bits per heavy atom. The van der Waals surface area contributed by atoms with Crippen LogP contribution in [-0.2, 0) is 6.54 Å². The number of H-pyrrole nitrogens is 2. The fourth-order valence-electron chi connectivity index (χ4n) is 1.85. The quantitative estimate of drug-likeness (QED) is 0.653. The Balaban J connectivity index is 1.75. The van der Waals surface area contributed by atoms with Gasteiger partial charge in [-0.1, -0.05) is 0 Å². The average Bonchev–Trinajstić information content (AvgIpc) is 3.05. The van der Waals surface area contributed by atoms with E-state index in [1.807, 2.05) is 30.5 Å². The van der Waals surface area contributed by atoms with Crippen molar-refractivity contribution in [3.63, 3.8) is 0 Å². The van der Waals surface area contributed by atoms with E-state index in [9.17, 15) is 4.79 Å². The summed E-state index contributed by atoms with van der Waals surface area (Å²) >= 11 is 0. The molecule has 5 heteroatoms. The molecule has 0 aliphatic rings. The first kappa shape index (κ1) is 10.6. The van der Waals surface area contributed by atoms with Crippen LogP contribution in [0.15, 0.2) is 42.9 Å². The largest absolute Gasteiger partial charge is 0.361 e. The topological polar surface area (TPSA) is 73.6 Å². The summed E-state index contributed by atoms with van der Waals surface area (Å²) in [7, 11) is 0. The van der Waals surface area contributed by atoms with Gasteiger partial charge in [0.25, 0.3) is 5.91 Å². The van der Waals surface area contributed by atoms with E-state index in [1.165, 1.54) is 0 Å². The van der Waals surface area contributed by atoms with Crippen molar-refractivity contribution in [2.45, 2.75) is 6.54 Å². The van der Waals surface area contributed by atoms with E-state index < -0.39 is 0 Å². The molecule has 1 amide bonds. The van der Waals surface area contributed by atoms with Gasteiger partial charge in [-0.15, -0.1) is 0 Å². The van der Waals surface area contributed by atoms with Gasteiger partial charge in [-0.05, 0) is 24.3 Å². The maximum atomic E-state index is 12.0. The zero-order chi connectivity index (χ0) is 12.4. The molecule has 0 radical (unpaired) electrons. The Bertz CT molecular complexity index is 669. The Kier molecular flexibility index (Phi) is 2.57. The zero-order valence-electron chi connectivity index (χ0n) is 9.60. The molecule has 0 saturated heterocycles. The van der Waals surface area contributed by atoms with Gasteiger partial charge in [0.05, 0.1) is 6.20 Å². The van der Waals surface area contributed by atoms with E-state index in [0.717, 1.165) is 16.5 Å². The monoisotopic (exact) mass is 240 g/mol. The van der Waals surface area contributed by atoms with Gasteiger partial charge in [-0.2, -0.15) is 5.10 Å². The minimum Gasteiger partial charge on any atom is -0.361 e. The number of rotatable bonds is 3. The number of amides is 1. The van der Waals surface area contributed by atoms with Gasteiger partial charge < -0.3 is 10.3 Å². The van der Waals surface area contributed by atoms with Crippen molar-refractivity contribution in [1.82, 2.24) is 20.5 Å². The maximum absolute atomic E-state index is 12.0. The van der Waals surface area contributed by atoms with Crippen molar-refractivity contribution < 1.29 is 4.79 Å². The molecule has 0 aliphatic carbocycles. The van der Waals surface area contributed by atoms with Crippen molar-refractivity contribution in [2.24, 2.45) is 0 Å². The summed E-state index contributed by atoms with van der Waals surface area (Å²) in [4.78, 5) is 15.0. The molecule has 0 saturated carbocycles. The van der Waals surface area contributed by atoms with Crippen LogP contribution in [0.3, 0.4) is 0 Å². The predicted molar refractivity (Wildman–Crippen MR) is 68.1 cm³/mol. The van der Waals surface area contributed by atoms with Crippen LogP contribution in [0.25, 0.3) is 10.9 Å². The second-order valence-corrected chi connectivity index (χ2v) is 4.07. The SMILES string of the molecule is O=C(NCc1cn[nH]c1)c1ccc2[nH]ccc2c1. The molecule has 2 aromatic heterocycles. The zero-order valence-corrected chi connectivity index (χ0v) is 9.60. The lowest BCUT2D eigenvalue weighted by Gasteiger charge is -2.03. The molecule has 0 bridgehead atoms. The normalized spacial score (nSPS) is 10.7. The Morgan fingerprint density at radius 3 is 3.11 bits per heavy atom. The average molecular weight is 240 g/mol. The van der Waals surface area contributed by atoms with Crippen LogP contribution in [-0.4, -0.2) is 21.1 Å². The molecule has 0 aliphatic heterocycles. The lowest BCUT2D eigenvalue weighted by Crippen LogP contribution is -2.22. The van der Waals surface area contributed by atoms with Crippen LogP contribution in [0.4, 0.5) is 0 Å². The van der Waals surface area contributed by atoms with Gasteiger partial charge in [0.15, 0.2) is 0 Å². The van der Waals surface area contributed by atoms with Crippen LogP contribution in [0.2, 0.25) is 0 Å². The number of aromatic amines is 2. The van der Waals surface area contributed by atoms with Gasteiger partial charge in [0.1, 0.15) is 0 Å². The number of carbonyl (C=O) groups is 1. The molecule has 18 heavy (non-hydrogen) atoms. The number of nitrogens with zero attached hydrogens (tertiary/aromatic N) is 1. The van der Waals surface area contributed by atoms with Crippen LogP contribution >= 0.6 is 0 Å². The molecule has 3 N–H and O–H groups in total. The lowest BCUT2D eigenvalue weighted by molar-refractivity contribution is 0.0951. The first-order valence-electron chi connectivity index (χ1n) is 5.66. The molecule has 0 spiro atoms. The fourth-order valence-corrected chi connectivity index (χ4v) is 1.85. The second kappa shape index (κ2) is 4.37. The number of benzene rings is 1. The molecule has 5 nitrogen and oxygen atoms in total. The van der Waals surface area contributed by atoms with E-state index in [-0.39, 0.29) is 5.91 Å². The third-order valence-electron chi connectivity index (χ3n) is 2.82. The predicted octanol–water partition coefficient (Wildman–Crippen LogP) is 1.82. The highest BCUT2D eigenvalue weighted by Crippen LogP contribution is 2.14. The standard InChI is InChI=1S/C13H12N4O/c18-13(15-6-9-7-16-17-8-9)11-1-2-12-10(5-11)3-4-14-12/h1-5,7-8,14H,6H2,(H,15,18)(H,16,17). The van der Waals surface area contributed by atoms with E-state index in [0.29, 0.717) is 12.1 Å². The fraction of sp³-hybridized carbons (Fsp3) is 0.0769. The van der Waals surface area contributed by atoms with Gasteiger partial charge in [0, 0.05) is 41.0 Å². The number of hydrogen-bond acceptors (Lipinski definition) is 2. The summed E-state index contributed by atoms with van der Waals surface area (Å²) in [5.74, 6) is -0.0840. The lowest BCUT2D eigenvalue weighted by atomic mass is 10.1. The second-order valence-electron chi connectivity index (χ2n) is 4.07. The van der Waals surface area contributed by atoms with Gasteiger partial charge >= 0.3 is 0 Å². The van der Waals surface area contributed by atoms with Crippen molar-refractivity contribution in [3.05, 3.63) is 54.0 Å². The molecule has 90 valence electrons. The smallest absolute Gasteiger partial charge is 0.251 e. The number of nitrogens with one attached hydrogen (secondary N) is 3. The van der Waals surface area contributed by atoms with E-state index in [2.05, 4.69) is 20.5 Å². The first-order chi connectivity index (χ1) is 8.83. The highest BCUT2D eigenvalue weighted by atomic mass is 16.1. The summed E-state index contributed by atoms with van der Waals surface area (Å²) < 4.78 is 0. The highest BCUT2D eigenvalue weighted by Gasteiger charge is 2.06. The third kappa shape index (κ3) is 1.98. The van der Waals surface area contributed by atoms with Crippen molar-refractivity contribution in [1.29, 1.82) is 0 Å². The van der Waals surface area contributed by atoms with E-state index in [1.54, 1.807) is 12.4 Å². The summed E-state index contributed by atoms with van der Waals surface area (Å²) in [5.41, 5.74) is 2.64. The molecule has 3 aromatic rings. The Labute approximate surface area is 103 Å². The summed E-state index contributed by atoms with van der Waals surface area (Å²) in [6.07, 6.45) is 5.31. The molecular formula is C13H12N4O. The molecule has 0 unspecified atom stereocenters. The van der Waals surface area contributed by atoms with Crippen LogP contribution < -0.4 is 5.32 Å². The molecule has 2 heterocycles. The van der Waals surface area contributed by atoms with Gasteiger partial charge in [-0.3, -0.25) is 9.89 Å². The molecule has 0 atom stereocenters. The number of aromatic nitrogens is 3. The van der Waals surface area contributed by atoms with Crippen molar-refractivity contribution >= 4 is 16.8 Å². The minimum atomic E-state index is -0.0840. The van der Waals surface area contributed by atoms with Crippen LogP contribution in [0, 0.1) is 0 Å². The third-order valence-corrected chi connectivity index (χ3v) is 2.82. The van der Waals surface area contributed by atoms with Gasteiger partial charge in [-0.25, -0.2) is 0 Å². The summed E-state index contributed by atoms with van der Waals surface area (Å²) in [6, 6.07) is 7.53. The molecular weight excluding hydrogens is 228 g/mol. The Hall–Kier alpha value is -2.56. The van der Waals surface area contributed by atoms with Crippen molar-refractivity contribution in [3.8, 4) is 0 Å². The van der Waals surface area contributed by atoms with E-state index in [4.69, 9.17) is 0 Å². The van der Waals surface area contributed by atoms with Crippen LogP contribution in [0.5, 0.6) is 0 Å². The highest BCUT2D eigenvalue weighted by molar-refractivity contribution is 5.97. The van der Waals surface area contributed by atoms with Crippen LogP contribution in [0.1, 0.15) is 15.9 Å². The maximum Gasteiger partial charge on any atom is 0.251 e. The summed E-state index contributed by atoms with van der Waals surface area (Å²) in [6.45, 7) is 0.473. The molecule has 3 rings (SSSR count).